The monoisotopic (exact) mass is 450 g/mol. The standard InChI is InChI=1S/C21H23ClN2O5S/c1-29-14-19(25)23-16-5-4-6-17(13-16)24-20(26)21(11-2-3-12-21)30(27,28)18-9-7-15(22)8-10-18/h4-10,13H,2-3,11-12,14H2,1H3,(H,23,25)(H,24,26). The second-order valence-corrected chi connectivity index (χ2v) is 9.87. The SMILES string of the molecule is COCC(=O)Nc1cccc(NC(=O)C2(S(=O)(=O)c3ccc(Cl)cc3)CCCC2)c1. The number of amides is 2. The summed E-state index contributed by atoms with van der Waals surface area (Å²) in [6.45, 7) is -0.0982. The minimum absolute atomic E-state index is 0.0736. The third kappa shape index (κ3) is 4.50. The van der Waals surface area contributed by atoms with Gasteiger partial charge in [0.1, 0.15) is 6.61 Å². The summed E-state index contributed by atoms with van der Waals surface area (Å²) in [4.78, 5) is 25.0. The van der Waals surface area contributed by atoms with E-state index in [9.17, 15) is 18.0 Å². The van der Waals surface area contributed by atoms with Gasteiger partial charge in [0.25, 0.3) is 0 Å². The Kier molecular flexibility index (Phi) is 6.80. The van der Waals surface area contributed by atoms with Gasteiger partial charge in [-0.25, -0.2) is 8.42 Å². The highest BCUT2D eigenvalue weighted by Crippen LogP contribution is 2.41. The number of benzene rings is 2. The number of halogens is 1. The minimum atomic E-state index is -3.93. The van der Waals surface area contributed by atoms with E-state index in [2.05, 4.69) is 10.6 Å². The lowest BCUT2D eigenvalue weighted by molar-refractivity contribution is -0.120. The van der Waals surface area contributed by atoms with Crippen molar-refractivity contribution in [2.75, 3.05) is 24.4 Å². The molecule has 3 rings (SSSR count). The van der Waals surface area contributed by atoms with Crippen LogP contribution in [-0.4, -0.2) is 38.7 Å². The fraction of sp³-hybridized carbons (Fsp3) is 0.333. The lowest BCUT2D eigenvalue weighted by atomic mass is 10.1. The molecule has 1 aliphatic carbocycles. The summed E-state index contributed by atoms with van der Waals surface area (Å²) in [5.74, 6) is -0.908. The van der Waals surface area contributed by atoms with Crippen molar-refractivity contribution in [3.05, 3.63) is 53.6 Å². The molecule has 30 heavy (non-hydrogen) atoms. The van der Waals surface area contributed by atoms with Crippen LogP contribution in [0.3, 0.4) is 0 Å². The summed E-state index contributed by atoms with van der Waals surface area (Å²) >= 11 is 5.88. The molecule has 9 heteroatoms. The molecule has 2 aromatic rings. The van der Waals surface area contributed by atoms with E-state index in [-0.39, 0.29) is 30.3 Å². The van der Waals surface area contributed by atoms with E-state index in [1.165, 1.54) is 31.4 Å². The van der Waals surface area contributed by atoms with Crippen LogP contribution >= 0.6 is 11.6 Å². The van der Waals surface area contributed by atoms with Gasteiger partial charge < -0.3 is 15.4 Å². The van der Waals surface area contributed by atoms with Crippen LogP contribution < -0.4 is 10.6 Å². The zero-order valence-electron chi connectivity index (χ0n) is 16.5. The Bertz CT molecular complexity index is 1030. The van der Waals surface area contributed by atoms with Gasteiger partial charge in [0.05, 0.1) is 4.90 Å². The number of anilines is 2. The van der Waals surface area contributed by atoms with Gasteiger partial charge in [-0.15, -0.1) is 0 Å². The molecular weight excluding hydrogens is 428 g/mol. The highest BCUT2D eigenvalue weighted by Gasteiger charge is 2.52. The van der Waals surface area contributed by atoms with Crippen LogP contribution in [0.5, 0.6) is 0 Å². The summed E-state index contributed by atoms with van der Waals surface area (Å²) < 4.78 is 30.1. The Hall–Kier alpha value is -2.42. The zero-order chi connectivity index (χ0) is 21.8. The first kappa shape index (κ1) is 22.3. The Labute approximate surface area is 180 Å². The van der Waals surface area contributed by atoms with Crippen LogP contribution in [0, 0.1) is 0 Å². The van der Waals surface area contributed by atoms with Crippen molar-refractivity contribution in [1.29, 1.82) is 0 Å². The van der Waals surface area contributed by atoms with Crippen molar-refractivity contribution < 1.29 is 22.7 Å². The molecular formula is C21H23ClN2O5S. The first-order valence-electron chi connectivity index (χ1n) is 9.49. The lowest BCUT2D eigenvalue weighted by Crippen LogP contribution is -2.47. The number of nitrogens with one attached hydrogen (secondary N) is 2. The molecule has 0 aliphatic heterocycles. The molecule has 7 nitrogen and oxygen atoms in total. The molecule has 0 heterocycles. The fourth-order valence-electron chi connectivity index (χ4n) is 3.65. The number of methoxy groups -OCH3 is 1. The average molecular weight is 451 g/mol. The normalized spacial score (nSPS) is 15.5. The second kappa shape index (κ2) is 9.16. The fourth-order valence-corrected chi connectivity index (χ4v) is 5.84. The van der Waals surface area contributed by atoms with Crippen molar-refractivity contribution in [1.82, 2.24) is 0 Å². The molecule has 1 aliphatic rings. The van der Waals surface area contributed by atoms with E-state index >= 15 is 0 Å². The number of carbonyl (C=O) groups excluding carboxylic acids is 2. The quantitative estimate of drug-likeness (QED) is 0.670. The molecule has 0 radical (unpaired) electrons. The van der Waals surface area contributed by atoms with Crippen LogP contribution in [0.2, 0.25) is 5.02 Å². The number of hydrogen-bond donors (Lipinski definition) is 2. The lowest BCUT2D eigenvalue weighted by Gasteiger charge is -2.27. The van der Waals surface area contributed by atoms with Crippen LogP contribution in [0.15, 0.2) is 53.4 Å². The minimum Gasteiger partial charge on any atom is -0.375 e. The van der Waals surface area contributed by atoms with Gasteiger partial charge >= 0.3 is 0 Å². The van der Waals surface area contributed by atoms with Gasteiger partial charge in [-0.05, 0) is 55.3 Å². The largest absolute Gasteiger partial charge is 0.375 e. The third-order valence-electron chi connectivity index (χ3n) is 5.14. The Balaban J connectivity index is 1.86. The first-order valence-corrected chi connectivity index (χ1v) is 11.4. The van der Waals surface area contributed by atoms with E-state index < -0.39 is 20.5 Å². The second-order valence-electron chi connectivity index (χ2n) is 7.17. The Morgan fingerprint density at radius 3 is 2.23 bits per heavy atom. The molecule has 0 atom stereocenters. The van der Waals surface area contributed by atoms with Gasteiger partial charge in [0.15, 0.2) is 14.6 Å². The zero-order valence-corrected chi connectivity index (χ0v) is 18.1. The molecule has 2 aromatic carbocycles. The van der Waals surface area contributed by atoms with Crippen molar-refractivity contribution in [2.45, 2.75) is 35.3 Å². The molecule has 0 spiro atoms. The van der Waals surface area contributed by atoms with Crippen molar-refractivity contribution in [3.63, 3.8) is 0 Å². The molecule has 0 aromatic heterocycles. The number of ether oxygens (including phenoxy) is 1. The summed E-state index contributed by atoms with van der Waals surface area (Å²) in [5, 5.41) is 5.80. The predicted molar refractivity (Wildman–Crippen MR) is 115 cm³/mol. The molecule has 0 unspecified atom stereocenters. The maximum atomic E-state index is 13.4. The van der Waals surface area contributed by atoms with Gasteiger partial charge in [0, 0.05) is 23.5 Å². The van der Waals surface area contributed by atoms with Gasteiger partial charge in [-0.2, -0.15) is 0 Å². The first-order chi connectivity index (χ1) is 14.3. The van der Waals surface area contributed by atoms with Crippen molar-refractivity contribution in [2.24, 2.45) is 0 Å². The summed E-state index contributed by atoms with van der Waals surface area (Å²) in [5.41, 5.74) is 0.865. The smallest absolute Gasteiger partial charge is 0.250 e. The van der Waals surface area contributed by atoms with E-state index in [1.54, 1.807) is 24.3 Å². The summed E-state index contributed by atoms with van der Waals surface area (Å²) in [7, 11) is -2.51. The Morgan fingerprint density at radius 2 is 1.63 bits per heavy atom. The average Bonchev–Trinajstić information content (AvgIpc) is 3.21. The van der Waals surface area contributed by atoms with Gasteiger partial charge in [-0.3, -0.25) is 9.59 Å². The molecule has 160 valence electrons. The van der Waals surface area contributed by atoms with Crippen LogP contribution in [-0.2, 0) is 24.2 Å². The number of carbonyl (C=O) groups is 2. The number of hydrogen-bond acceptors (Lipinski definition) is 5. The third-order valence-corrected chi connectivity index (χ3v) is 7.91. The van der Waals surface area contributed by atoms with E-state index in [4.69, 9.17) is 16.3 Å². The van der Waals surface area contributed by atoms with E-state index in [0.717, 1.165) is 0 Å². The van der Waals surface area contributed by atoms with Crippen LogP contribution in [0.4, 0.5) is 11.4 Å². The maximum absolute atomic E-state index is 13.4. The van der Waals surface area contributed by atoms with E-state index in [0.29, 0.717) is 29.2 Å². The van der Waals surface area contributed by atoms with Crippen LogP contribution in [0.25, 0.3) is 0 Å². The molecule has 2 amide bonds. The van der Waals surface area contributed by atoms with Crippen molar-refractivity contribution in [3.8, 4) is 0 Å². The van der Waals surface area contributed by atoms with E-state index in [1.807, 2.05) is 0 Å². The molecule has 0 bridgehead atoms. The summed E-state index contributed by atoms with van der Waals surface area (Å²) in [6, 6.07) is 12.4. The maximum Gasteiger partial charge on any atom is 0.250 e. The highest BCUT2D eigenvalue weighted by molar-refractivity contribution is 7.93. The Morgan fingerprint density at radius 1 is 1.03 bits per heavy atom. The van der Waals surface area contributed by atoms with Crippen LogP contribution in [0.1, 0.15) is 25.7 Å². The topological polar surface area (TPSA) is 102 Å². The molecule has 2 N–H and O–H groups in total. The number of rotatable bonds is 7. The number of sulfone groups is 1. The molecule has 0 saturated heterocycles. The van der Waals surface area contributed by atoms with Gasteiger partial charge in [-0.1, -0.05) is 30.5 Å². The predicted octanol–water partition coefficient (Wildman–Crippen LogP) is 3.65. The molecule has 1 fully saturated rings. The summed E-state index contributed by atoms with van der Waals surface area (Å²) in [6.07, 6.45) is 1.78. The van der Waals surface area contributed by atoms with Gasteiger partial charge in [0.2, 0.25) is 11.8 Å². The highest BCUT2D eigenvalue weighted by atomic mass is 35.5. The molecule has 1 saturated carbocycles. The van der Waals surface area contributed by atoms with Crippen molar-refractivity contribution >= 4 is 44.6 Å².